The Kier molecular flexibility index (Phi) is 4.72. The molecule has 3 aliphatic heterocycles. The minimum absolute atomic E-state index is 0.853. The highest BCUT2D eigenvalue weighted by Gasteiger charge is 2.81. The van der Waals surface area contributed by atoms with Crippen LogP contribution in [0.4, 0.5) is 0 Å². The molecule has 0 aliphatic carbocycles. The fourth-order valence-corrected chi connectivity index (χ4v) is 19.5. The molecule has 3 aliphatic rings. The highest BCUT2D eigenvalue weighted by atomic mass is 32.3. The van der Waals surface area contributed by atoms with Crippen LogP contribution < -0.4 is 0 Å². The fourth-order valence-electron chi connectivity index (χ4n) is 8.30. The molecule has 0 saturated carbocycles. The molecule has 9 unspecified atom stereocenters. The minimum Gasteiger partial charge on any atom is -0.276 e. The number of thiol groups is 1. The fraction of sp³-hybridized carbons (Fsp3) is 1.00. The van der Waals surface area contributed by atoms with Crippen LogP contribution in [0.25, 0.3) is 0 Å². The van der Waals surface area contributed by atoms with E-state index in [1.165, 1.54) is 18.1 Å². The molecule has 3 saturated heterocycles. The van der Waals surface area contributed by atoms with Crippen LogP contribution in [0.3, 0.4) is 0 Å². The maximum Gasteiger partial charge on any atom is -0.0137 e. The Morgan fingerprint density at radius 2 is 1.58 bits per heavy atom. The van der Waals surface area contributed by atoms with Crippen LogP contribution in [0, 0.1) is 41.4 Å². The van der Waals surface area contributed by atoms with Gasteiger partial charge in [0.2, 0.25) is 0 Å². The molecule has 0 bridgehead atoms. The molecule has 1 spiro atoms. The van der Waals surface area contributed by atoms with Gasteiger partial charge in [0.25, 0.3) is 0 Å². The van der Waals surface area contributed by atoms with Gasteiger partial charge in [-0.1, -0.05) is 68.2 Å². The van der Waals surface area contributed by atoms with Crippen LogP contribution in [-0.2, 0) is 0 Å². The summed E-state index contributed by atoms with van der Waals surface area (Å²) in [5.41, 5.74) is 0. The Hall–Kier alpha value is 0.350. The maximum absolute atomic E-state index is 2.89. The van der Waals surface area contributed by atoms with E-state index in [-0.39, 0.29) is 0 Å². The van der Waals surface area contributed by atoms with Crippen LogP contribution >= 0.6 is 9.16 Å². The molecule has 24 heavy (non-hydrogen) atoms. The van der Waals surface area contributed by atoms with Gasteiger partial charge in [-0.3, -0.25) is 9.16 Å². The van der Waals surface area contributed by atoms with E-state index in [1.807, 2.05) is 0 Å². The largest absolute Gasteiger partial charge is 0.276 e. The summed E-state index contributed by atoms with van der Waals surface area (Å²) in [6.45, 7) is 20.4. The van der Waals surface area contributed by atoms with Crippen molar-refractivity contribution in [2.45, 2.75) is 90.4 Å². The third kappa shape index (κ3) is 2.25. The monoisotopic (exact) mass is 354 g/mol. The van der Waals surface area contributed by atoms with E-state index in [1.54, 1.807) is 12.2 Å². The van der Waals surface area contributed by atoms with Gasteiger partial charge in [0.05, 0.1) is 0 Å². The van der Waals surface area contributed by atoms with E-state index < -0.39 is 9.16 Å². The SMILES string of the molecule is CCCC(C)C(C)C1C(C)CC2C(C)C3C[SH]23(C)C1C(C)C(C)C. The van der Waals surface area contributed by atoms with E-state index in [2.05, 4.69) is 61.6 Å². The van der Waals surface area contributed by atoms with Crippen molar-refractivity contribution in [1.82, 2.24) is 0 Å². The lowest BCUT2D eigenvalue weighted by molar-refractivity contribution is 0.126. The average Bonchev–Trinajstić information content (AvgIpc) is 3.09. The third-order valence-corrected chi connectivity index (χ3v) is 18.6. The summed E-state index contributed by atoms with van der Waals surface area (Å²) in [7, 11) is -1.39. The Labute approximate surface area is 153 Å². The first-order valence-electron chi connectivity index (χ1n) is 11.1. The molecular weight excluding hydrogens is 308 g/mol. The highest BCUT2D eigenvalue weighted by molar-refractivity contribution is 8.56. The number of rotatable bonds is 6. The lowest BCUT2D eigenvalue weighted by Crippen LogP contribution is -2.59. The topological polar surface area (TPSA) is 0 Å². The molecule has 0 aromatic heterocycles. The summed E-state index contributed by atoms with van der Waals surface area (Å²) in [5, 5.41) is 3.41. The zero-order valence-electron chi connectivity index (χ0n) is 18.0. The quantitative estimate of drug-likeness (QED) is 0.409. The third-order valence-electron chi connectivity index (χ3n) is 10.0. The highest BCUT2D eigenvalue weighted by Crippen LogP contribution is 3.02. The maximum atomic E-state index is 2.89. The van der Waals surface area contributed by atoms with E-state index >= 15 is 0 Å². The van der Waals surface area contributed by atoms with Gasteiger partial charge in [0, 0.05) is 0 Å². The summed E-state index contributed by atoms with van der Waals surface area (Å²) < 4.78 is 0. The van der Waals surface area contributed by atoms with Crippen LogP contribution in [0.2, 0.25) is 0 Å². The molecule has 0 aromatic rings. The number of hydrogen-bond donors (Lipinski definition) is 1. The molecule has 0 radical (unpaired) electrons. The van der Waals surface area contributed by atoms with Gasteiger partial charge in [0.1, 0.15) is 0 Å². The van der Waals surface area contributed by atoms with Crippen LogP contribution in [0.15, 0.2) is 0 Å². The van der Waals surface area contributed by atoms with Crippen LogP contribution in [0.1, 0.15) is 74.7 Å². The van der Waals surface area contributed by atoms with E-state index in [9.17, 15) is 0 Å². The van der Waals surface area contributed by atoms with Crippen molar-refractivity contribution in [3.05, 3.63) is 0 Å². The molecule has 3 fully saturated rings. The smallest absolute Gasteiger partial charge is 0.0137 e. The second kappa shape index (κ2) is 5.93. The van der Waals surface area contributed by atoms with Gasteiger partial charge in [-0.15, -0.1) is 0 Å². The first-order valence-corrected chi connectivity index (χ1v) is 14.2. The van der Waals surface area contributed by atoms with Gasteiger partial charge in [-0.25, -0.2) is 0 Å². The second-order valence-corrected chi connectivity index (χ2v) is 17.7. The van der Waals surface area contributed by atoms with Gasteiger partial charge in [-0.2, -0.15) is 0 Å². The first-order chi connectivity index (χ1) is 11.1. The second-order valence-electron chi connectivity index (χ2n) is 11.3. The van der Waals surface area contributed by atoms with Crippen molar-refractivity contribution < 1.29 is 0 Å². The Balaban J connectivity index is 1.97. The van der Waals surface area contributed by atoms with E-state index in [0.717, 1.165) is 51.9 Å². The average molecular weight is 355 g/mol. The molecule has 0 amide bonds. The molecule has 0 nitrogen and oxygen atoms in total. The first kappa shape index (κ1) is 19.1. The molecule has 3 rings (SSSR count). The van der Waals surface area contributed by atoms with E-state index in [0.29, 0.717) is 0 Å². The normalized spacial score (nSPS) is 47.3. The predicted octanol–water partition coefficient (Wildman–Crippen LogP) is 6.48. The van der Waals surface area contributed by atoms with Crippen molar-refractivity contribution in [3.8, 4) is 0 Å². The minimum atomic E-state index is -1.39. The zero-order chi connectivity index (χ0) is 18.0. The summed E-state index contributed by atoms with van der Waals surface area (Å²) >= 11 is 0. The summed E-state index contributed by atoms with van der Waals surface area (Å²) in [6.07, 6.45) is 7.24. The summed E-state index contributed by atoms with van der Waals surface area (Å²) in [6, 6.07) is 0. The molecule has 144 valence electrons. The molecule has 0 aromatic carbocycles. The van der Waals surface area contributed by atoms with Crippen molar-refractivity contribution in [2.24, 2.45) is 41.4 Å². The van der Waals surface area contributed by atoms with Crippen molar-refractivity contribution >= 4 is 9.16 Å². The predicted molar refractivity (Wildman–Crippen MR) is 115 cm³/mol. The van der Waals surface area contributed by atoms with Gasteiger partial charge in [-0.05, 0) is 75.6 Å². The molecule has 0 N–H and O–H groups in total. The standard InChI is InChI=1S/C23H46S/c1-10-11-15(4)18(7)22-16(5)12-20-19(8)21-13-24(20,21,9)23(22)17(6)14(2)3/h14-24H,10-13H2,1-9H3. The molecular formula is C23H46S. The van der Waals surface area contributed by atoms with E-state index in [4.69, 9.17) is 0 Å². The van der Waals surface area contributed by atoms with Crippen LogP contribution in [0.5, 0.6) is 0 Å². The van der Waals surface area contributed by atoms with Gasteiger partial charge in [0.15, 0.2) is 0 Å². The molecule has 9 atom stereocenters. The Bertz CT molecular complexity index is 484. The summed E-state index contributed by atoms with van der Waals surface area (Å²) in [5.74, 6) is 8.29. The molecule has 1 heteroatoms. The van der Waals surface area contributed by atoms with Gasteiger partial charge >= 0.3 is 0 Å². The van der Waals surface area contributed by atoms with Crippen molar-refractivity contribution in [3.63, 3.8) is 0 Å². The molecule has 3 heterocycles. The van der Waals surface area contributed by atoms with Crippen LogP contribution in [-0.4, -0.2) is 27.8 Å². The van der Waals surface area contributed by atoms with Gasteiger partial charge < -0.3 is 0 Å². The Morgan fingerprint density at radius 3 is 2.08 bits per heavy atom. The zero-order valence-corrected chi connectivity index (χ0v) is 18.9. The summed E-state index contributed by atoms with van der Waals surface area (Å²) in [4.78, 5) is 0. The lowest BCUT2D eigenvalue weighted by atomic mass is 9.68. The number of hydrogen-bond acceptors (Lipinski definition) is 0. The van der Waals surface area contributed by atoms with Crippen molar-refractivity contribution in [2.75, 3.05) is 12.0 Å². The Morgan fingerprint density at radius 1 is 0.958 bits per heavy atom. The van der Waals surface area contributed by atoms with Crippen molar-refractivity contribution in [1.29, 1.82) is 0 Å². The lowest BCUT2D eigenvalue weighted by Gasteiger charge is -2.73.